The molecule has 1 aromatic carbocycles. The summed E-state index contributed by atoms with van der Waals surface area (Å²) in [5.41, 5.74) is -0.294. The van der Waals surface area contributed by atoms with Crippen molar-refractivity contribution in [1.82, 2.24) is 19.5 Å². The first-order valence-corrected chi connectivity index (χ1v) is 10.2. The fourth-order valence-corrected chi connectivity index (χ4v) is 4.56. The molecule has 3 aromatic rings. The zero-order valence-electron chi connectivity index (χ0n) is 16.3. The van der Waals surface area contributed by atoms with Crippen molar-refractivity contribution >= 4 is 11.6 Å². The molecule has 5 nitrogen and oxygen atoms in total. The number of nitrogens with zero attached hydrogens (tertiary/aromatic N) is 4. The molecule has 8 heteroatoms. The van der Waals surface area contributed by atoms with Gasteiger partial charge in [-0.3, -0.25) is 9.20 Å². The Morgan fingerprint density at radius 1 is 1.10 bits per heavy atom. The van der Waals surface area contributed by atoms with Crippen LogP contribution in [0.4, 0.5) is 13.2 Å². The van der Waals surface area contributed by atoms with E-state index in [1.807, 2.05) is 33.7 Å². The van der Waals surface area contributed by atoms with Crippen LogP contribution in [0.1, 0.15) is 48.6 Å². The number of alkyl halides is 3. The highest BCUT2D eigenvalue weighted by Gasteiger charge is 2.54. The summed E-state index contributed by atoms with van der Waals surface area (Å²) in [6.07, 6.45) is 0.397. The molecule has 2 aromatic heterocycles. The Morgan fingerprint density at radius 3 is 2.70 bits per heavy atom. The van der Waals surface area contributed by atoms with E-state index in [1.165, 1.54) is 6.07 Å². The maximum Gasteiger partial charge on any atom is 0.416 e. The Bertz CT molecular complexity index is 1100. The smallest absolute Gasteiger partial charge is 0.341 e. The quantitative estimate of drug-likeness (QED) is 0.646. The molecule has 1 unspecified atom stereocenters. The molecule has 2 fully saturated rings. The summed E-state index contributed by atoms with van der Waals surface area (Å²) < 4.78 is 41.4. The number of benzene rings is 1. The highest BCUT2D eigenvalue weighted by molar-refractivity contribution is 5.91. The molecule has 2 aliphatic rings. The van der Waals surface area contributed by atoms with Gasteiger partial charge in [-0.1, -0.05) is 24.3 Å². The Hall–Kier alpha value is -2.90. The topological polar surface area (TPSA) is 50.5 Å². The van der Waals surface area contributed by atoms with E-state index < -0.39 is 17.2 Å². The molecule has 0 N–H and O–H groups in total. The molecule has 0 bridgehead atoms. The summed E-state index contributed by atoms with van der Waals surface area (Å²) in [4.78, 5) is 15.2. The first kappa shape index (κ1) is 19.1. The lowest BCUT2D eigenvalue weighted by Gasteiger charge is -2.34. The van der Waals surface area contributed by atoms with Crippen molar-refractivity contribution < 1.29 is 18.0 Å². The Labute approximate surface area is 171 Å². The van der Waals surface area contributed by atoms with E-state index in [0.29, 0.717) is 31.5 Å². The number of halogens is 3. The summed E-state index contributed by atoms with van der Waals surface area (Å²) in [6, 6.07) is 10.9. The third-order valence-electron chi connectivity index (χ3n) is 6.32. The lowest BCUT2D eigenvalue weighted by Crippen LogP contribution is -2.44. The molecule has 1 saturated carbocycles. The summed E-state index contributed by atoms with van der Waals surface area (Å²) in [6.45, 7) is 1.13. The highest BCUT2D eigenvalue weighted by atomic mass is 19.4. The predicted molar refractivity (Wildman–Crippen MR) is 104 cm³/mol. The predicted octanol–water partition coefficient (Wildman–Crippen LogP) is 4.19. The molecule has 5 rings (SSSR count). The molecule has 30 heavy (non-hydrogen) atoms. The van der Waals surface area contributed by atoms with Crippen LogP contribution in [0.15, 0.2) is 48.7 Å². The summed E-state index contributed by atoms with van der Waals surface area (Å²) in [5.74, 6) is 0.810. The average molecular weight is 414 g/mol. The van der Waals surface area contributed by atoms with Crippen LogP contribution in [0.3, 0.4) is 0 Å². The van der Waals surface area contributed by atoms with Crippen LogP contribution in [0.25, 0.3) is 5.65 Å². The van der Waals surface area contributed by atoms with Gasteiger partial charge >= 0.3 is 6.18 Å². The summed E-state index contributed by atoms with van der Waals surface area (Å²) in [5, 5.41) is 8.55. The molecule has 0 radical (unpaired) electrons. The van der Waals surface area contributed by atoms with Gasteiger partial charge in [0, 0.05) is 25.2 Å². The van der Waals surface area contributed by atoms with Crippen molar-refractivity contribution in [3.63, 3.8) is 0 Å². The molecule has 1 amide bonds. The first-order valence-electron chi connectivity index (χ1n) is 10.2. The summed E-state index contributed by atoms with van der Waals surface area (Å²) in [7, 11) is 0. The average Bonchev–Trinajstić information content (AvgIpc) is 3.46. The van der Waals surface area contributed by atoms with Crippen LogP contribution >= 0.6 is 0 Å². The van der Waals surface area contributed by atoms with Crippen molar-refractivity contribution in [3.8, 4) is 0 Å². The van der Waals surface area contributed by atoms with Crippen LogP contribution < -0.4 is 0 Å². The van der Waals surface area contributed by atoms with Gasteiger partial charge in [0.1, 0.15) is 5.82 Å². The maximum atomic E-state index is 13.4. The van der Waals surface area contributed by atoms with Crippen molar-refractivity contribution in [3.05, 3.63) is 65.6 Å². The van der Waals surface area contributed by atoms with Crippen molar-refractivity contribution in [1.29, 1.82) is 0 Å². The number of carbonyl (C=O) groups excluding carboxylic acids is 1. The Morgan fingerprint density at radius 2 is 1.93 bits per heavy atom. The molecule has 1 saturated heterocycles. The third-order valence-corrected chi connectivity index (χ3v) is 6.32. The fourth-order valence-electron chi connectivity index (χ4n) is 4.56. The number of pyridine rings is 1. The van der Waals surface area contributed by atoms with Gasteiger partial charge in [-0.05, 0) is 49.4 Å². The van der Waals surface area contributed by atoms with Gasteiger partial charge in [0.05, 0.1) is 11.0 Å². The summed E-state index contributed by atoms with van der Waals surface area (Å²) >= 11 is 0. The number of amides is 1. The maximum absolute atomic E-state index is 13.4. The number of fused-ring (bicyclic) bond motifs is 1. The zero-order chi connectivity index (χ0) is 20.9. The number of rotatable bonds is 3. The lowest BCUT2D eigenvalue weighted by molar-refractivity contribution is -0.138. The van der Waals surface area contributed by atoms with Gasteiger partial charge in [0.15, 0.2) is 5.65 Å². The van der Waals surface area contributed by atoms with Gasteiger partial charge < -0.3 is 4.90 Å². The number of carbonyl (C=O) groups is 1. The number of hydrogen-bond acceptors (Lipinski definition) is 3. The van der Waals surface area contributed by atoms with Crippen LogP contribution in [-0.2, 0) is 16.4 Å². The van der Waals surface area contributed by atoms with E-state index >= 15 is 0 Å². The van der Waals surface area contributed by atoms with Crippen LogP contribution in [-0.4, -0.2) is 38.5 Å². The van der Waals surface area contributed by atoms with E-state index in [1.54, 1.807) is 6.07 Å². The molecule has 1 aliphatic carbocycles. The number of hydrogen-bond donors (Lipinski definition) is 0. The number of likely N-dealkylation sites (tertiary alicyclic amines) is 1. The van der Waals surface area contributed by atoms with Crippen molar-refractivity contribution in [2.45, 2.75) is 43.2 Å². The minimum atomic E-state index is -4.42. The minimum Gasteiger partial charge on any atom is -0.341 e. The first-order chi connectivity index (χ1) is 14.4. The lowest BCUT2D eigenvalue weighted by atomic mass is 9.90. The second-order valence-electron chi connectivity index (χ2n) is 8.24. The Kier molecular flexibility index (Phi) is 4.34. The van der Waals surface area contributed by atoms with E-state index in [9.17, 15) is 18.0 Å². The van der Waals surface area contributed by atoms with Gasteiger partial charge in [0.2, 0.25) is 5.91 Å². The molecular formula is C22H21F3N4O. The normalized spacial score (nSPS) is 21.0. The largest absolute Gasteiger partial charge is 0.416 e. The SMILES string of the molecule is O=C(N1CCCC(c2nnc3ccccn23)C1)C1(c2cccc(C(F)(F)F)c2)CC1. The van der Waals surface area contributed by atoms with E-state index in [4.69, 9.17) is 0 Å². The molecule has 156 valence electrons. The zero-order valence-corrected chi connectivity index (χ0v) is 16.3. The molecule has 1 aliphatic heterocycles. The minimum absolute atomic E-state index is 0.0532. The van der Waals surface area contributed by atoms with Crippen molar-refractivity contribution in [2.75, 3.05) is 13.1 Å². The second-order valence-corrected chi connectivity index (χ2v) is 8.24. The highest BCUT2D eigenvalue weighted by Crippen LogP contribution is 2.51. The molecular weight excluding hydrogens is 393 g/mol. The van der Waals surface area contributed by atoms with Gasteiger partial charge in [-0.25, -0.2) is 0 Å². The second kappa shape index (κ2) is 6.82. The van der Waals surface area contributed by atoms with Crippen LogP contribution in [0.5, 0.6) is 0 Å². The third kappa shape index (κ3) is 3.14. The standard InChI is InChI=1S/C22H21F3N4O/c23-22(24,25)17-7-3-6-16(13-17)21(9-10-21)20(30)28-11-4-5-15(14-28)19-27-26-18-8-1-2-12-29(18)19/h1-3,6-8,12-13,15H,4-5,9-11,14H2. The van der Waals surface area contributed by atoms with E-state index in [0.717, 1.165) is 36.4 Å². The van der Waals surface area contributed by atoms with E-state index in [2.05, 4.69) is 10.2 Å². The van der Waals surface area contributed by atoms with Gasteiger partial charge in [0.25, 0.3) is 0 Å². The monoisotopic (exact) mass is 414 g/mol. The van der Waals surface area contributed by atoms with E-state index in [-0.39, 0.29) is 11.8 Å². The van der Waals surface area contributed by atoms with Gasteiger partial charge in [-0.15, -0.1) is 10.2 Å². The van der Waals surface area contributed by atoms with Crippen LogP contribution in [0, 0.1) is 0 Å². The number of aromatic nitrogens is 3. The van der Waals surface area contributed by atoms with Gasteiger partial charge in [-0.2, -0.15) is 13.2 Å². The fraction of sp³-hybridized carbons (Fsp3) is 0.409. The van der Waals surface area contributed by atoms with Crippen molar-refractivity contribution in [2.24, 2.45) is 0 Å². The molecule has 0 spiro atoms. The molecule has 3 heterocycles. The number of piperidine rings is 1. The Balaban J connectivity index is 1.40. The molecule has 1 atom stereocenters. The van der Waals surface area contributed by atoms with Crippen LogP contribution in [0.2, 0.25) is 0 Å².